The molecule has 0 atom stereocenters. The first-order valence-electron chi connectivity index (χ1n) is 7.88. The molecule has 116 valence electrons. The number of amides is 1. The number of hydrogen-bond acceptors (Lipinski definition) is 2. The zero-order chi connectivity index (χ0) is 15.2. The van der Waals surface area contributed by atoms with Gasteiger partial charge in [-0.3, -0.25) is 4.79 Å². The van der Waals surface area contributed by atoms with Crippen LogP contribution in [0.3, 0.4) is 0 Å². The van der Waals surface area contributed by atoms with Gasteiger partial charge in [-0.1, -0.05) is 18.5 Å². The maximum Gasteiger partial charge on any atom is 0.254 e. The Balaban J connectivity index is 2.10. The lowest BCUT2D eigenvalue weighted by Crippen LogP contribution is -2.40. The molecule has 1 aliphatic rings. The summed E-state index contributed by atoms with van der Waals surface area (Å²) in [6.07, 6.45) is 3.31. The summed E-state index contributed by atoms with van der Waals surface area (Å²) in [5, 5.41) is 4.06. The van der Waals surface area contributed by atoms with E-state index >= 15 is 0 Å². The lowest BCUT2D eigenvalue weighted by atomic mass is 9.97. The van der Waals surface area contributed by atoms with Crippen LogP contribution in [0.2, 0.25) is 5.02 Å². The second kappa shape index (κ2) is 7.81. The van der Waals surface area contributed by atoms with E-state index in [1.54, 1.807) is 6.07 Å². The van der Waals surface area contributed by atoms with E-state index in [2.05, 4.69) is 12.2 Å². The summed E-state index contributed by atoms with van der Waals surface area (Å²) >= 11 is 5.99. The molecule has 0 aromatic heterocycles. The summed E-state index contributed by atoms with van der Waals surface area (Å²) in [6.45, 7) is 7.91. The van der Waals surface area contributed by atoms with Crippen LogP contribution in [0.15, 0.2) is 18.2 Å². The van der Waals surface area contributed by atoms with E-state index in [1.807, 2.05) is 24.0 Å². The van der Waals surface area contributed by atoms with Crippen LogP contribution in [0, 0.1) is 12.8 Å². The van der Waals surface area contributed by atoms with Crippen molar-refractivity contribution < 1.29 is 4.79 Å². The molecule has 0 aliphatic carbocycles. The topological polar surface area (TPSA) is 32.3 Å². The predicted octanol–water partition coefficient (Wildman–Crippen LogP) is 3.50. The number of hydrogen-bond donors (Lipinski definition) is 1. The second-order valence-electron chi connectivity index (χ2n) is 5.90. The van der Waals surface area contributed by atoms with Crippen LogP contribution in [0.25, 0.3) is 0 Å². The minimum Gasteiger partial charge on any atom is -0.338 e. The van der Waals surface area contributed by atoms with Crippen molar-refractivity contribution in [3.8, 4) is 0 Å². The number of halogens is 1. The van der Waals surface area contributed by atoms with Crippen LogP contribution in [-0.4, -0.2) is 37.0 Å². The van der Waals surface area contributed by atoms with Gasteiger partial charge >= 0.3 is 0 Å². The maximum absolute atomic E-state index is 12.8. The third-order valence-corrected chi connectivity index (χ3v) is 4.37. The molecule has 1 aromatic carbocycles. The summed E-state index contributed by atoms with van der Waals surface area (Å²) in [6, 6.07) is 5.52. The normalized spacial score (nSPS) is 16.0. The molecule has 0 unspecified atom stereocenters. The number of benzene rings is 1. The van der Waals surface area contributed by atoms with Crippen molar-refractivity contribution >= 4 is 17.5 Å². The molecular weight excluding hydrogens is 284 g/mol. The third-order valence-electron chi connectivity index (χ3n) is 4.14. The van der Waals surface area contributed by atoms with Crippen LogP contribution < -0.4 is 5.32 Å². The largest absolute Gasteiger partial charge is 0.338 e. The number of rotatable bonds is 5. The van der Waals surface area contributed by atoms with E-state index < -0.39 is 0 Å². The van der Waals surface area contributed by atoms with Gasteiger partial charge in [-0.25, -0.2) is 0 Å². The van der Waals surface area contributed by atoms with Crippen LogP contribution >= 0.6 is 11.6 Å². The smallest absolute Gasteiger partial charge is 0.254 e. The number of carbonyl (C=O) groups is 1. The first kappa shape index (κ1) is 16.3. The highest BCUT2D eigenvalue weighted by Gasteiger charge is 2.22. The van der Waals surface area contributed by atoms with Crippen molar-refractivity contribution in [2.45, 2.75) is 33.1 Å². The standard InChI is InChI=1S/C17H25ClN2O/c1-3-10-20(12-14-6-8-19-9-7-14)17(21)16-5-4-15(18)11-13(16)2/h4-5,11,14,19H,3,6-10,12H2,1-2H3. The highest BCUT2D eigenvalue weighted by atomic mass is 35.5. The van der Waals surface area contributed by atoms with Gasteiger partial charge < -0.3 is 10.2 Å². The zero-order valence-corrected chi connectivity index (χ0v) is 13.7. The van der Waals surface area contributed by atoms with Gasteiger partial charge in [0, 0.05) is 23.7 Å². The number of nitrogens with zero attached hydrogens (tertiary/aromatic N) is 1. The van der Waals surface area contributed by atoms with Crippen molar-refractivity contribution in [2.24, 2.45) is 5.92 Å². The fourth-order valence-corrected chi connectivity index (χ4v) is 3.19. The van der Waals surface area contributed by atoms with Gasteiger partial charge in [-0.05, 0) is 69.0 Å². The van der Waals surface area contributed by atoms with Gasteiger partial charge in [0.25, 0.3) is 5.91 Å². The van der Waals surface area contributed by atoms with Gasteiger partial charge in [0.15, 0.2) is 0 Å². The lowest BCUT2D eigenvalue weighted by Gasteiger charge is -2.30. The van der Waals surface area contributed by atoms with Gasteiger partial charge in [-0.15, -0.1) is 0 Å². The van der Waals surface area contributed by atoms with Crippen molar-refractivity contribution in [3.05, 3.63) is 34.3 Å². The Morgan fingerprint density at radius 1 is 1.38 bits per heavy atom. The third kappa shape index (κ3) is 4.45. The number of aryl methyl sites for hydroxylation is 1. The van der Waals surface area contributed by atoms with Crippen LogP contribution in [0.4, 0.5) is 0 Å². The highest BCUT2D eigenvalue weighted by molar-refractivity contribution is 6.30. The molecule has 2 rings (SSSR count). The molecule has 1 N–H and O–H groups in total. The first-order valence-corrected chi connectivity index (χ1v) is 8.25. The molecule has 1 aliphatic heterocycles. The van der Waals surface area contributed by atoms with Gasteiger partial charge in [0.05, 0.1) is 0 Å². The van der Waals surface area contributed by atoms with Crippen LogP contribution in [-0.2, 0) is 0 Å². The maximum atomic E-state index is 12.8. The predicted molar refractivity (Wildman–Crippen MR) is 88.0 cm³/mol. The SMILES string of the molecule is CCCN(CC1CCNCC1)C(=O)c1ccc(Cl)cc1C. The first-order chi connectivity index (χ1) is 10.1. The number of carbonyl (C=O) groups excluding carboxylic acids is 1. The zero-order valence-electron chi connectivity index (χ0n) is 13.0. The van der Waals surface area contributed by atoms with Crippen molar-refractivity contribution in [1.29, 1.82) is 0 Å². The Bertz CT molecular complexity index is 484. The molecule has 21 heavy (non-hydrogen) atoms. The lowest BCUT2D eigenvalue weighted by molar-refractivity contribution is 0.0715. The second-order valence-corrected chi connectivity index (χ2v) is 6.34. The fraction of sp³-hybridized carbons (Fsp3) is 0.588. The minimum atomic E-state index is 0.143. The van der Waals surface area contributed by atoms with Gasteiger partial charge in [0.1, 0.15) is 0 Å². The summed E-state index contributed by atoms with van der Waals surface area (Å²) in [7, 11) is 0. The Morgan fingerprint density at radius 2 is 2.10 bits per heavy atom. The summed E-state index contributed by atoms with van der Waals surface area (Å²) in [4.78, 5) is 14.8. The summed E-state index contributed by atoms with van der Waals surface area (Å²) < 4.78 is 0. The molecule has 0 radical (unpaired) electrons. The molecule has 1 saturated heterocycles. The van der Waals surface area contributed by atoms with E-state index in [0.717, 1.165) is 56.6 Å². The Hall–Kier alpha value is -1.06. The van der Waals surface area contributed by atoms with Crippen LogP contribution in [0.5, 0.6) is 0 Å². The van der Waals surface area contributed by atoms with E-state index in [1.165, 1.54) is 0 Å². The average Bonchev–Trinajstić information content (AvgIpc) is 2.47. The summed E-state index contributed by atoms with van der Waals surface area (Å²) in [5.41, 5.74) is 1.74. The molecule has 1 aromatic rings. The molecule has 1 heterocycles. The molecule has 3 nitrogen and oxygen atoms in total. The molecule has 0 bridgehead atoms. The van der Waals surface area contributed by atoms with Crippen molar-refractivity contribution in [3.63, 3.8) is 0 Å². The number of piperidine rings is 1. The molecular formula is C17H25ClN2O. The van der Waals surface area contributed by atoms with Gasteiger partial charge in [0.2, 0.25) is 0 Å². The molecule has 1 amide bonds. The Labute approximate surface area is 132 Å². The fourth-order valence-electron chi connectivity index (χ4n) is 2.96. The number of nitrogens with one attached hydrogen (secondary N) is 1. The van der Waals surface area contributed by atoms with E-state index in [0.29, 0.717) is 10.9 Å². The average molecular weight is 309 g/mol. The molecule has 1 fully saturated rings. The van der Waals surface area contributed by atoms with E-state index in [9.17, 15) is 4.79 Å². The molecule has 0 spiro atoms. The molecule has 0 saturated carbocycles. The van der Waals surface area contributed by atoms with Crippen molar-refractivity contribution in [2.75, 3.05) is 26.2 Å². The van der Waals surface area contributed by atoms with E-state index in [-0.39, 0.29) is 5.91 Å². The quantitative estimate of drug-likeness (QED) is 0.903. The highest BCUT2D eigenvalue weighted by Crippen LogP contribution is 2.20. The Morgan fingerprint density at radius 3 is 2.71 bits per heavy atom. The van der Waals surface area contributed by atoms with Crippen molar-refractivity contribution in [1.82, 2.24) is 10.2 Å². The summed E-state index contributed by atoms with van der Waals surface area (Å²) in [5.74, 6) is 0.763. The molecule has 4 heteroatoms. The van der Waals surface area contributed by atoms with E-state index in [4.69, 9.17) is 11.6 Å². The monoisotopic (exact) mass is 308 g/mol. The minimum absolute atomic E-state index is 0.143. The Kier molecular flexibility index (Phi) is 6.07. The van der Waals surface area contributed by atoms with Crippen LogP contribution in [0.1, 0.15) is 42.1 Å². The van der Waals surface area contributed by atoms with Gasteiger partial charge in [-0.2, -0.15) is 0 Å².